The first-order chi connectivity index (χ1) is 16.5. The summed E-state index contributed by atoms with van der Waals surface area (Å²) in [6.07, 6.45) is 7.96. The van der Waals surface area contributed by atoms with Crippen molar-refractivity contribution >= 4 is 23.3 Å². The highest BCUT2D eigenvalue weighted by Crippen LogP contribution is 2.39. The number of ether oxygens (including phenoxy) is 1. The molecule has 1 aliphatic heterocycles. The summed E-state index contributed by atoms with van der Waals surface area (Å²) < 4.78 is 5.81. The third-order valence-electron chi connectivity index (χ3n) is 6.42. The molecule has 2 aliphatic rings. The molecule has 1 aromatic carbocycles. The third kappa shape index (κ3) is 4.07. The molecule has 2 bridgehead atoms. The molecule has 4 N–H and O–H groups in total. The van der Waals surface area contributed by atoms with Crippen LogP contribution in [0.5, 0.6) is 11.5 Å². The van der Waals surface area contributed by atoms with Crippen LogP contribution in [0.15, 0.2) is 67.8 Å². The van der Waals surface area contributed by atoms with Gasteiger partial charge >= 0.3 is 0 Å². The summed E-state index contributed by atoms with van der Waals surface area (Å²) in [4.78, 5) is 26.6. The van der Waals surface area contributed by atoms with Crippen LogP contribution >= 0.6 is 0 Å². The average Bonchev–Trinajstić information content (AvgIpc) is 3.45. The monoisotopic (exact) mass is 455 g/mol. The largest absolute Gasteiger partial charge is 0.457 e. The topological polar surface area (TPSA) is 130 Å². The number of aromatic nitrogens is 3. The van der Waals surface area contributed by atoms with Gasteiger partial charge in [-0.2, -0.15) is 0 Å². The van der Waals surface area contributed by atoms with Gasteiger partial charge in [-0.05, 0) is 61.2 Å². The van der Waals surface area contributed by atoms with E-state index < -0.39 is 0 Å². The molecule has 9 heteroatoms. The van der Waals surface area contributed by atoms with Crippen LogP contribution in [0.3, 0.4) is 0 Å². The Morgan fingerprint density at radius 1 is 1.15 bits per heavy atom. The minimum Gasteiger partial charge on any atom is -0.457 e. The van der Waals surface area contributed by atoms with Crippen LogP contribution in [0.2, 0.25) is 0 Å². The van der Waals surface area contributed by atoms with Crippen molar-refractivity contribution in [3.8, 4) is 11.5 Å². The summed E-state index contributed by atoms with van der Waals surface area (Å²) in [5.74, 6) is 2.44. The molecular weight excluding hydrogens is 430 g/mol. The van der Waals surface area contributed by atoms with E-state index in [1.54, 1.807) is 48.8 Å². The number of rotatable bonds is 7. The number of nitrogens with one attached hydrogen (secondary N) is 2. The Balaban J connectivity index is 1.36. The van der Waals surface area contributed by atoms with Gasteiger partial charge in [-0.25, -0.2) is 9.97 Å². The maximum Gasteiger partial charge on any atom is 0.246 e. The predicted molar refractivity (Wildman–Crippen MR) is 129 cm³/mol. The van der Waals surface area contributed by atoms with E-state index in [2.05, 4.69) is 26.8 Å². The van der Waals surface area contributed by atoms with Crippen LogP contribution in [-0.4, -0.2) is 50.1 Å². The normalized spacial score (nSPS) is 20.7. The van der Waals surface area contributed by atoms with E-state index in [0.29, 0.717) is 34.4 Å². The Labute approximate surface area is 197 Å². The fourth-order valence-corrected chi connectivity index (χ4v) is 4.86. The second-order valence-electron chi connectivity index (χ2n) is 8.52. The van der Waals surface area contributed by atoms with Gasteiger partial charge in [0, 0.05) is 30.5 Å². The number of benzene rings is 1. The third-order valence-corrected chi connectivity index (χ3v) is 6.42. The molecule has 3 atom stereocenters. The van der Waals surface area contributed by atoms with Crippen molar-refractivity contribution in [1.29, 1.82) is 5.41 Å². The van der Waals surface area contributed by atoms with Crippen LogP contribution < -0.4 is 15.8 Å². The molecule has 0 radical (unpaired) electrons. The Morgan fingerprint density at radius 2 is 1.88 bits per heavy atom. The zero-order valence-electron chi connectivity index (χ0n) is 18.5. The standard InChI is InChI=1S/C25H25N7O2/c1-2-21(33)32-13-15-11-19(20(32)12-15)31-25-22(24(27)29-14-30-25)23(26)16-3-5-17(6-4-16)34-18-7-9-28-10-8-18/h2-10,14-15,19-20,26H,1,11-13H2,(H3,27,29,30,31). The zero-order valence-corrected chi connectivity index (χ0v) is 18.5. The van der Waals surface area contributed by atoms with Crippen LogP contribution in [-0.2, 0) is 4.79 Å². The van der Waals surface area contributed by atoms with Crippen molar-refractivity contribution in [2.45, 2.75) is 24.9 Å². The summed E-state index contributed by atoms with van der Waals surface area (Å²) in [6, 6.07) is 10.8. The van der Waals surface area contributed by atoms with Crippen LogP contribution in [0.4, 0.5) is 11.6 Å². The van der Waals surface area contributed by atoms with E-state index >= 15 is 0 Å². The Morgan fingerprint density at radius 3 is 2.59 bits per heavy atom. The molecule has 3 unspecified atom stereocenters. The SMILES string of the molecule is C=CC(=O)N1CC2CC(Nc3ncnc(N)c3C(=N)c3ccc(Oc4ccncc4)cc3)C1C2. The lowest BCUT2D eigenvalue weighted by molar-refractivity contribution is -0.127. The van der Waals surface area contributed by atoms with E-state index in [9.17, 15) is 4.79 Å². The van der Waals surface area contributed by atoms with E-state index in [4.69, 9.17) is 15.9 Å². The number of hydrogen-bond acceptors (Lipinski definition) is 8. The van der Waals surface area contributed by atoms with Gasteiger partial charge in [0.25, 0.3) is 0 Å². The number of likely N-dealkylation sites (tertiary alicyclic amines) is 1. The molecule has 2 aromatic heterocycles. The Kier molecular flexibility index (Phi) is 5.67. The number of pyridine rings is 1. The molecule has 9 nitrogen and oxygen atoms in total. The van der Waals surface area contributed by atoms with Crippen LogP contribution in [0.25, 0.3) is 0 Å². The van der Waals surface area contributed by atoms with E-state index in [-0.39, 0.29) is 29.5 Å². The van der Waals surface area contributed by atoms with Gasteiger partial charge < -0.3 is 20.7 Å². The molecule has 1 aliphatic carbocycles. The maximum atomic E-state index is 12.2. The molecule has 3 aromatic rings. The molecule has 5 rings (SSSR count). The van der Waals surface area contributed by atoms with Crippen molar-refractivity contribution in [1.82, 2.24) is 19.9 Å². The van der Waals surface area contributed by atoms with E-state index in [1.165, 1.54) is 12.4 Å². The molecular formula is C25H25N7O2. The highest BCUT2D eigenvalue weighted by atomic mass is 16.5. The summed E-state index contributed by atoms with van der Waals surface area (Å²) in [6.45, 7) is 4.38. The molecule has 0 spiro atoms. The number of nitrogens with zero attached hydrogens (tertiary/aromatic N) is 4. The van der Waals surface area contributed by atoms with Gasteiger partial charge in [-0.15, -0.1) is 0 Å². The predicted octanol–water partition coefficient (Wildman–Crippen LogP) is 3.25. The number of anilines is 2. The highest BCUT2D eigenvalue weighted by molar-refractivity contribution is 6.16. The molecule has 1 saturated heterocycles. The Hall–Kier alpha value is -4.27. The number of hydrogen-bond donors (Lipinski definition) is 3. The van der Waals surface area contributed by atoms with Gasteiger partial charge in [0.15, 0.2) is 0 Å². The number of fused-ring (bicyclic) bond motifs is 2. The molecule has 172 valence electrons. The molecule has 34 heavy (non-hydrogen) atoms. The van der Waals surface area contributed by atoms with Crippen molar-refractivity contribution < 1.29 is 9.53 Å². The first-order valence-electron chi connectivity index (χ1n) is 11.1. The lowest BCUT2D eigenvalue weighted by Crippen LogP contribution is -2.47. The molecule has 3 heterocycles. The molecule has 1 amide bonds. The van der Waals surface area contributed by atoms with E-state index in [1.807, 2.05) is 4.90 Å². The lowest BCUT2D eigenvalue weighted by Gasteiger charge is -2.33. The quantitative estimate of drug-likeness (QED) is 0.368. The zero-order chi connectivity index (χ0) is 23.7. The van der Waals surface area contributed by atoms with E-state index in [0.717, 1.165) is 19.4 Å². The first-order valence-corrected chi connectivity index (χ1v) is 11.1. The van der Waals surface area contributed by atoms with Crippen molar-refractivity contribution in [3.63, 3.8) is 0 Å². The van der Waals surface area contributed by atoms with Crippen LogP contribution in [0.1, 0.15) is 24.0 Å². The highest BCUT2D eigenvalue weighted by Gasteiger charge is 2.46. The lowest BCUT2D eigenvalue weighted by atomic mass is 10.0. The second-order valence-corrected chi connectivity index (χ2v) is 8.52. The number of carbonyl (C=O) groups is 1. The number of amides is 1. The summed E-state index contributed by atoms with van der Waals surface area (Å²) in [7, 11) is 0. The molecule has 2 fully saturated rings. The maximum absolute atomic E-state index is 12.2. The first kappa shape index (κ1) is 21.6. The average molecular weight is 456 g/mol. The van der Waals surface area contributed by atoms with Crippen molar-refractivity contribution in [2.24, 2.45) is 5.92 Å². The summed E-state index contributed by atoms with van der Waals surface area (Å²) in [5, 5.41) is 12.3. The van der Waals surface area contributed by atoms with Gasteiger partial charge in [-0.1, -0.05) is 6.58 Å². The van der Waals surface area contributed by atoms with Crippen LogP contribution in [0, 0.1) is 11.3 Å². The Bertz CT molecular complexity index is 1230. The van der Waals surface area contributed by atoms with Gasteiger partial charge in [0.05, 0.1) is 17.3 Å². The number of nitrogens with two attached hydrogens (primary N) is 1. The summed E-state index contributed by atoms with van der Waals surface area (Å²) in [5.41, 5.74) is 7.50. The minimum atomic E-state index is -0.0526. The number of nitrogen functional groups attached to an aromatic ring is 1. The van der Waals surface area contributed by atoms with Gasteiger partial charge in [0.1, 0.15) is 29.5 Å². The van der Waals surface area contributed by atoms with Crippen molar-refractivity contribution in [2.75, 3.05) is 17.6 Å². The van der Waals surface area contributed by atoms with Crippen molar-refractivity contribution in [3.05, 3.63) is 78.9 Å². The summed E-state index contributed by atoms with van der Waals surface area (Å²) >= 11 is 0. The molecule has 1 saturated carbocycles. The van der Waals surface area contributed by atoms with Gasteiger partial charge in [0.2, 0.25) is 5.91 Å². The van der Waals surface area contributed by atoms with Gasteiger partial charge in [-0.3, -0.25) is 15.2 Å². The fourth-order valence-electron chi connectivity index (χ4n) is 4.86. The minimum absolute atomic E-state index is 0.0274. The fraction of sp³-hybridized carbons (Fsp3) is 0.240. The number of piperidine rings is 1. The second kappa shape index (κ2) is 8.93. The smallest absolute Gasteiger partial charge is 0.246 e. The number of carbonyl (C=O) groups excluding carboxylic acids is 1.